The van der Waals surface area contributed by atoms with Crippen LogP contribution in [0.1, 0.15) is 36.4 Å². The number of fused-ring (bicyclic) bond motifs is 1. The van der Waals surface area contributed by atoms with Crippen molar-refractivity contribution < 1.29 is 4.74 Å². The van der Waals surface area contributed by atoms with Crippen LogP contribution in [0.3, 0.4) is 0 Å². The molecule has 0 aliphatic heterocycles. The predicted molar refractivity (Wildman–Crippen MR) is 55.3 cm³/mol. The third-order valence-electron chi connectivity index (χ3n) is 3.07. The summed E-state index contributed by atoms with van der Waals surface area (Å²) in [4.78, 5) is 0. The summed E-state index contributed by atoms with van der Waals surface area (Å²) in [7, 11) is 0. The standard InChI is InChI=1S/C12H15NO/c13-10-7-4-8-2-1-3-11(12(8)10)14-9-5-6-9/h1-3,9-10H,4-7,13H2. The minimum absolute atomic E-state index is 0.194. The van der Waals surface area contributed by atoms with E-state index in [0.717, 1.165) is 18.6 Å². The molecule has 0 amide bonds. The maximum absolute atomic E-state index is 6.06. The average molecular weight is 189 g/mol. The van der Waals surface area contributed by atoms with Gasteiger partial charge in [-0.2, -0.15) is 0 Å². The third kappa shape index (κ3) is 1.30. The Morgan fingerprint density at radius 3 is 2.86 bits per heavy atom. The monoisotopic (exact) mass is 189 g/mol. The van der Waals surface area contributed by atoms with E-state index in [-0.39, 0.29) is 6.04 Å². The summed E-state index contributed by atoms with van der Waals surface area (Å²) < 4.78 is 5.86. The Hall–Kier alpha value is -1.02. The molecule has 1 atom stereocenters. The van der Waals surface area contributed by atoms with E-state index in [1.54, 1.807) is 0 Å². The Labute approximate surface area is 84.1 Å². The molecule has 2 aliphatic rings. The zero-order chi connectivity index (χ0) is 9.54. The highest BCUT2D eigenvalue weighted by molar-refractivity contribution is 5.45. The summed E-state index contributed by atoms with van der Waals surface area (Å²) in [5.74, 6) is 1.04. The van der Waals surface area contributed by atoms with Crippen molar-refractivity contribution in [1.82, 2.24) is 0 Å². The molecule has 2 N–H and O–H groups in total. The largest absolute Gasteiger partial charge is 0.490 e. The molecule has 0 spiro atoms. The Bertz CT molecular complexity index is 357. The lowest BCUT2D eigenvalue weighted by molar-refractivity contribution is 0.298. The van der Waals surface area contributed by atoms with Crippen LogP contribution in [0.4, 0.5) is 0 Å². The van der Waals surface area contributed by atoms with Gasteiger partial charge in [-0.05, 0) is 37.3 Å². The normalized spacial score (nSPS) is 24.8. The summed E-state index contributed by atoms with van der Waals surface area (Å²) in [6.45, 7) is 0. The third-order valence-corrected chi connectivity index (χ3v) is 3.07. The Balaban J connectivity index is 1.97. The van der Waals surface area contributed by atoms with E-state index >= 15 is 0 Å². The van der Waals surface area contributed by atoms with Gasteiger partial charge in [0.15, 0.2) is 0 Å². The van der Waals surface area contributed by atoms with Crippen molar-refractivity contribution >= 4 is 0 Å². The zero-order valence-electron chi connectivity index (χ0n) is 8.20. The van der Waals surface area contributed by atoms with E-state index in [9.17, 15) is 0 Å². The molecule has 1 aromatic carbocycles. The Morgan fingerprint density at radius 1 is 1.21 bits per heavy atom. The van der Waals surface area contributed by atoms with Crippen LogP contribution in [-0.4, -0.2) is 6.10 Å². The van der Waals surface area contributed by atoms with Crippen molar-refractivity contribution in [1.29, 1.82) is 0 Å². The van der Waals surface area contributed by atoms with Gasteiger partial charge in [-0.1, -0.05) is 12.1 Å². The predicted octanol–water partition coefficient (Wildman–Crippen LogP) is 2.17. The molecule has 0 heterocycles. The maximum atomic E-state index is 6.06. The molecule has 1 saturated carbocycles. The van der Waals surface area contributed by atoms with Crippen LogP contribution in [0.25, 0.3) is 0 Å². The van der Waals surface area contributed by atoms with E-state index in [0.29, 0.717) is 6.10 Å². The second-order valence-electron chi connectivity index (χ2n) is 4.29. The van der Waals surface area contributed by atoms with Gasteiger partial charge in [0.05, 0.1) is 6.10 Å². The number of rotatable bonds is 2. The number of benzene rings is 1. The number of hydrogen-bond donors (Lipinski definition) is 1. The second-order valence-corrected chi connectivity index (χ2v) is 4.29. The minimum atomic E-state index is 0.194. The van der Waals surface area contributed by atoms with Gasteiger partial charge in [0, 0.05) is 11.6 Å². The van der Waals surface area contributed by atoms with Gasteiger partial charge in [-0.3, -0.25) is 0 Å². The summed E-state index contributed by atoms with van der Waals surface area (Å²) in [5, 5.41) is 0. The first-order valence-corrected chi connectivity index (χ1v) is 5.38. The van der Waals surface area contributed by atoms with Crippen LogP contribution < -0.4 is 10.5 Å². The van der Waals surface area contributed by atoms with Crippen LogP contribution in [-0.2, 0) is 6.42 Å². The van der Waals surface area contributed by atoms with Gasteiger partial charge in [0.2, 0.25) is 0 Å². The molecule has 3 rings (SSSR count). The van der Waals surface area contributed by atoms with Crippen molar-refractivity contribution in [3.63, 3.8) is 0 Å². The second kappa shape index (κ2) is 2.99. The van der Waals surface area contributed by atoms with E-state index in [1.165, 1.54) is 24.0 Å². The van der Waals surface area contributed by atoms with Crippen LogP contribution in [0.5, 0.6) is 5.75 Å². The Kier molecular flexibility index (Phi) is 1.77. The molecule has 0 aromatic heterocycles. The van der Waals surface area contributed by atoms with Crippen molar-refractivity contribution in [3.8, 4) is 5.75 Å². The summed E-state index contributed by atoms with van der Waals surface area (Å²) in [6, 6.07) is 6.50. The highest BCUT2D eigenvalue weighted by Gasteiger charge is 2.28. The molecule has 1 fully saturated rings. The summed E-state index contributed by atoms with van der Waals surface area (Å²) in [5.41, 5.74) is 8.71. The fourth-order valence-corrected chi connectivity index (χ4v) is 2.15. The number of aryl methyl sites for hydroxylation is 1. The molecular formula is C12H15NO. The first-order valence-electron chi connectivity index (χ1n) is 5.38. The van der Waals surface area contributed by atoms with Gasteiger partial charge < -0.3 is 10.5 Å². The van der Waals surface area contributed by atoms with Gasteiger partial charge in [0.25, 0.3) is 0 Å². The highest BCUT2D eigenvalue weighted by Crippen LogP contribution is 2.38. The van der Waals surface area contributed by atoms with Crippen molar-refractivity contribution in [2.24, 2.45) is 5.73 Å². The van der Waals surface area contributed by atoms with Gasteiger partial charge >= 0.3 is 0 Å². The molecule has 1 unspecified atom stereocenters. The van der Waals surface area contributed by atoms with Crippen LogP contribution in [0, 0.1) is 0 Å². The van der Waals surface area contributed by atoms with E-state index in [2.05, 4.69) is 18.2 Å². The van der Waals surface area contributed by atoms with Crippen LogP contribution >= 0.6 is 0 Å². The molecule has 2 nitrogen and oxygen atoms in total. The lowest BCUT2D eigenvalue weighted by Crippen LogP contribution is -2.08. The SMILES string of the molecule is NC1CCc2cccc(OC3CC3)c21. The quantitative estimate of drug-likeness (QED) is 0.773. The van der Waals surface area contributed by atoms with Crippen LogP contribution in [0.2, 0.25) is 0 Å². The lowest BCUT2D eigenvalue weighted by atomic mass is 10.1. The van der Waals surface area contributed by atoms with Crippen molar-refractivity contribution in [3.05, 3.63) is 29.3 Å². The molecule has 0 saturated heterocycles. The molecular weight excluding hydrogens is 174 g/mol. The number of nitrogens with two attached hydrogens (primary N) is 1. The van der Waals surface area contributed by atoms with Gasteiger partial charge in [-0.25, -0.2) is 0 Å². The Morgan fingerprint density at radius 2 is 2.07 bits per heavy atom. The fraction of sp³-hybridized carbons (Fsp3) is 0.500. The first-order chi connectivity index (χ1) is 6.84. The van der Waals surface area contributed by atoms with E-state index < -0.39 is 0 Å². The lowest BCUT2D eigenvalue weighted by Gasteiger charge is -2.12. The molecule has 1 aromatic rings. The molecule has 14 heavy (non-hydrogen) atoms. The van der Waals surface area contributed by atoms with E-state index in [4.69, 9.17) is 10.5 Å². The first kappa shape index (κ1) is 8.30. The number of ether oxygens (including phenoxy) is 1. The summed E-state index contributed by atoms with van der Waals surface area (Å²) in [6.07, 6.45) is 5.06. The van der Waals surface area contributed by atoms with Gasteiger partial charge in [-0.15, -0.1) is 0 Å². The highest BCUT2D eigenvalue weighted by atomic mass is 16.5. The molecule has 0 bridgehead atoms. The van der Waals surface area contributed by atoms with Crippen molar-refractivity contribution in [2.75, 3.05) is 0 Å². The average Bonchev–Trinajstić information content (AvgIpc) is 2.91. The van der Waals surface area contributed by atoms with E-state index in [1.807, 2.05) is 0 Å². The number of hydrogen-bond acceptors (Lipinski definition) is 2. The molecule has 0 radical (unpaired) electrons. The maximum Gasteiger partial charge on any atom is 0.124 e. The smallest absolute Gasteiger partial charge is 0.124 e. The van der Waals surface area contributed by atoms with Crippen LogP contribution in [0.15, 0.2) is 18.2 Å². The zero-order valence-corrected chi connectivity index (χ0v) is 8.20. The molecule has 74 valence electrons. The van der Waals surface area contributed by atoms with Gasteiger partial charge in [0.1, 0.15) is 5.75 Å². The molecule has 2 aliphatic carbocycles. The summed E-state index contributed by atoms with van der Waals surface area (Å²) >= 11 is 0. The topological polar surface area (TPSA) is 35.2 Å². The van der Waals surface area contributed by atoms with Crippen molar-refractivity contribution in [2.45, 2.75) is 37.8 Å². The molecule has 2 heteroatoms. The fourth-order valence-electron chi connectivity index (χ4n) is 2.15. The minimum Gasteiger partial charge on any atom is -0.490 e.